The molecular formula is C76H76B2N2O2. The highest BCUT2D eigenvalue weighted by Gasteiger charge is 2.51. The number of fused-ring (bicyclic) bond motifs is 13. The Hall–Kier alpha value is -7.69. The summed E-state index contributed by atoms with van der Waals surface area (Å²) in [7, 11) is 0. The molecule has 0 radical (unpaired) electrons. The van der Waals surface area contributed by atoms with Gasteiger partial charge in [-0.15, -0.1) is 0 Å². The molecule has 1 aromatic heterocycles. The number of ether oxygens (including phenoxy) is 2. The summed E-state index contributed by atoms with van der Waals surface area (Å²) < 4.78 is 18.5. The van der Waals surface area contributed by atoms with Gasteiger partial charge in [-0.25, -0.2) is 0 Å². The summed E-state index contributed by atoms with van der Waals surface area (Å²) >= 11 is 0. The van der Waals surface area contributed by atoms with Gasteiger partial charge in [0.25, 0.3) is 13.4 Å². The highest BCUT2D eigenvalue weighted by atomic mass is 16.5. The zero-order valence-electron chi connectivity index (χ0n) is 50.2. The van der Waals surface area contributed by atoms with E-state index in [0.29, 0.717) is 35.5 Å². The second-order valence-corrected chi connectivity index (χ2v) is 26.9. The maximum Gasteiger partial charge on any atom is 0.256 e. The van der Waals surface area contributed by atoms with Crippen LogP contribution in [0.25, 0.3) is 49.7 Å². The molecule has 0 fully saturated rings. The molecule has 4 nitrogen and oxygen atoms in total. The second kappa shape index (κ2) is 20.0. The van der Waals surface area contributed by atoms with Crippen molar-refractivity contribution in [3.63, 3.8) is 0 Å². The van der Waals surface area contributed by atoms with Crippen molar-refractivity contribution in [2.24, 2.45) is 23.7 Å². The van der Waals surface area contributed by atoms with Crippen molar-refractivity contribution in [1.82, 2.24) is 4.57 Å². The van der Waals surface area contributed by atoms with Crippen molar-refractivity contribution < 1.29 is 9.47 Å². The van der Waals surface area contributed by atoms with Gasteiger partial charge in [-0.3, -0.25) is 0 Å². The molecule has 0 spiro atoms. The van der Waals surface area contributed by atoms with E-state index in [1.807, 2.05) is 0 Å². The van der Waals surface area contributed by atoms with E-state index in [1.54, 1.807) is 0 Å². The number of nitrogens with zero attached hydrogens (tertiary/aromatic N) is 2. The molecule has 0 saturated carbocycles. The third-order valence-corrected chi connectivity index (χ3v) is 18.1. The van der Waals surface area contributed by atoms with Crippen LogP contribution in [0.5, 0.6) is 23.0 Å². The molecule has 9 aromatic carbocycles. The van der Waals surface area contributed by atoms with Gasteiger partial charge in [0.15, 0.2) is 0 Å². The number of rotatable bonds is 13. The number of aromatic nitrogens is 1. The molecule has 0 unspecified atom stereocenters. The number of hydrogen-bond donors (Lipinski definition) is 0. The van der Waals surface area contributed by atoms with Crippen LogP contribution in [-0.4, -0.2) is 18.0 Å². The predicted octanol–water partition coefficient (Wildman–Crippen LogP) is 16.5. The minimum atomic E-state index is -0.173. The van der Waals surface area contributed by atoms with Gasteiger partial charge in [-0.05, 0) is 187 Å². The van der Waals surface area contributed by atoms with E-state index in [2.05, 4.69) is 250 Å². The normalized spacial score (nSPS) is 13.6. The lowest BCUT2D eigenvalue weighted by Crippen LogP contribution is -2.63. The Morgan fingerprint density at radius 3 is 1.39 bits per heavy atom. The highest BCUT2D eigenvalue weighted by Crippen LogP contribution is 2.52. The van der Waals surface area contributed by atoms with Crippen molar-refractivity contribution in [3.8, 4) is 50.9 Å². The van der Waals surface area contributed by atoms with E-state index in [4.69, 9.17) is 9.47 Å². The van der Waals surface area contributed by atoms with Crippen molar-refractivity contribution >= 4 is 85.1 Å². The molecule has 82 heavy (non-hydrogen) atoms. The van der Waals surface area contributed by atoms with Crippen LogP contribution in [0.1, 0.15) is 128 Å². The molecule has 4 aliphatic heterocycles. The number of hydrogen-bond acceptors (Lipinski definition) is 3. The zero-order valence-corrected chi connectivity index (χ0v) is 50.2. The van der Waals surface area contributed by atoms with E-state index in [1.165, 1.54) is 105 Å². The Balaban J connectivity index is 1.12. The van der Waals surface area contributed by atoms with Gasteiger partial charge in [-0.2, -0.15) is 0 Å². The Bertz CT molecular complexity index is 4180. The molecular weight excluding hydrogens is 994 g/mol. The van der Waals surface area contributed by atoms with Crippen molar-refractivity contribution in [1.29, 1.82) is 0 Å². The SMILES string of the molecule is CC(C)Cc1ccc(N2c3ccc(CC(C)C)cc3B3c4cc(-c5ccc(C(C)C)cc5)ccc4Oc4c3c2c2c3c4-n4c5ccc(CC(C)C)cc5c5cc(CC(C)C)cc(c54)B3c3cc(-c4ccc(C(C)C)cc4)ccc3O2)cc1. The Kier molecular flexibility index (Phi) is 12.8. The average Bonchev–Trinajstić information content (AvgIpc) is 1.39. The van der Waals surface area contributed by atoms with E-state index in [9.17, 15) is 0 Å². The number of anilines is 3. The van der Waals surface area contributed by atoms with Crippen LogP contribution < -0.4 is 47.2 Å². The molecule has 14 rings (SSSR count). The third-order valence-electron chi connectivity index (χ3n) is 18.1. The Labute approximate surface area is 487 Å². The van der Waals surface area contributed by atoms with E-state index >= 15 is 0 Å². The first-order chi connectivity index (χ1) is 39.6. The van der Waals surface area contributed by atoms with Gasteiger partial charge in [0.2, 0.25) is 0 Å². The average molecular weight is 1070 g/mol. The predicted molar refractivity (Wildman–Crippen MR) is 351 cm³/mol. The summed E-state index contributed by atoms with van der Waals surface area (Å²) in [5.74, 6) is 6.58. The lowest BCUT2D eigenvalue weighted by atomic mass is 9.31. The fourth-order valence-electron chi connectivity index (χ4n) is 14.5. The zero-order chi connectivity index (χ0) is 56.6. The third kappa shape index (κ3) is 8.64. The van der Waals surface area contributed by atoms with Crippen LogP contribution in [0.4, 0.5) is 17.1 Å². The fraction of sp³-hybridized carbons (Fsp3) is 0.289. The van der Waals surface area contributed by atoms with Crippen molar-refractivity contribution in [2.75, 3.05) is 4.90 Å². The highest BCUT2D eigenvalue weighted by molar-refractivity contribution is 7.02. The first-order valence-electron chi connectivity index (χ1n) is 30.8. The fourth-order valence-corrected chi connectivity index (χ4v) is 14.5. The molecule has 0 bridgehead atoms. The molecule has 408 valence electrons. The first kappa shape index (κ1) is 52.4. The van der Waals surface area contributed by atoms with Gasteiger partial charge < -0.3 is 18.9 Å². The molecule has 0 N–H and O–H groups in total. The topological polar surface area (TPSA) is 26.6 Å². The monoisotopic (exact) mass is 1070 g/mol. The summed E-state index contributed by atoms with van der Waals surface area (Å²) in [6, 6.07) is 61.6. The molecule has 0 atom stereocenters. The second-order valence-electron chi connectivity index (χ2n) is 26.9. The van der Waals surface area contributed by atoms with Crippen LogP contribution >= 0.6 is 0 Å². The number of benzene rings is 9. The van der Waals surface area contributed by atoms with Gasteiger partial charge >= 0.3 is 0 Å². The largest absolute Gasteiger partial charge is 0.456 e. The summed E-state index contributed by atoms with van der Waals surface area (Å²) in [4.78, 5) is 2.56. The summed E-state index contributed by atoms with van der Waals surface area (Å²) in [5.41, 5.74) is 27.1. The molecule has 6 heteroatoms. The Morgan fingerprint density at radius 1 is 0.378 bits per heavy atom. The van der Waals surface area contributed by atoms with Crippen LogP contribution in [0.2, 0.25) is 0 Å². The minimum Gasteiger partial charge on any atom is -0.456 e. The van der Waals surface area contributed by atoms with Gasteiger partial charge in [-0.1, -0.05) is 192 Å². The molecule has 5 heterocycles. The van der Waals surface area contributed by atoms with Crippen LogP contribution in [0.15, 0.2) is 158 Å². The van der Waals surface area contributed by atoms with Gasteiger partial charge in [0.1, 0.15) is 23.0 Å². The van der Waals surface area contributed by atoms with Gasteiger partial charge in [0, 0.05) is 38.6 Å². The lowest BCUT2D eigenvalue weighted by Gasteiger charge is -2.45. The summed E-state index contributed by atoms with van der Waals surface area (Å²) in [5, 5.41) is 2.61. The van der Waals surface area contributed by atoms with Crippen molar-refractivity contribution in [2.45, 2.75) is 121 Å². The maximum atomic E-state index is 7.92. The van der Waals surface area contributed by atoms with Crippen LogP contribution in [-0.2, 0) is 25.7 Å². The quantitative estimate of drug-likeness (QED) is 0.108. The Morgan fingerprint density at radius 2 is 0.829 bits per heavy atom. The summed E-state index contributed by atoms with van der Waals surface area (Å²) in [6.45, 7) is 27.4. The van der Waals surface area contributed by atoms with Crippen LogP contribution in [0, 0.1) is 23.7 Å². The molecule has 0 saturated heterocycles. The maximum absolute atomic E-state index is 7.92. The minimum absolute atomic E-state index is 0.170. The van der Waals surface area contributed by atoms with E-state index in [-0.39, 0.29) is 13.4 Å². The van der Waals surface area contributed by atoms with Crippen molar-refractivity contribution in [3.05, 3.63) is 191 Å². The summed E-state index contributed by atoms with van der Waals surface area (Å²) in [6.07, 6.45) is 4.00. The molecule has 10 aromatic rings. The first-order valence-corrected chi connectivity index (χ1v) is 30.8. The smallest absolute Gasteiger partial charge is 0.256 e. The van der Waals surface area contributed by atoms with Crippen LogP contribution in [0.3, 0.4) is 0 Å². The van der Waals surface area contributed by atoms with E-state index < -0.39 is 0 Å². The molecule has 0 amide bonds. The molecule has 4 aliphatic rings. The van der Waals surface area contributed by atoms with Gasteiger partial charge in [0.05, 0.1) is 16.9 Å². The molecule has 0 aliphatic carbocycles. The van der Waals surface area contributed by atoms with E-state index in [0.717, 1.165) is 76.7 Å². The lowest BCUT2D eigenvalue weighted by molar-refractivity contribution is 0.475. The standard InChI is InChI=1S/C76H76B2N2O2/c1-43(2)33-49-13-27-59(28-14-49)79-67-30-16-51(35-45(5)6)39-62(67)77-63-41-57(55-21-17-53(18-22-55)47(9)10)25-31-68(63)82-76-70(77)73(79)75-71-74(76)80-66-29-15-50(34-44(3)4)37-60(66)61-38-52(36-46(7)8)40-65(72(61)80)78(71)64-42-58(26-32-69(64)81-75)56-23-19-54(20-24-56)48(11)12/h13-32,37-48H,33-36H2,1-12H3.